The highest BCUT2D eigenvalue weighted by molar-refractivity contribution is 5.89. The molecule has 3 rings (SSSR count). The molecule has 0 saturated carbocycles. The smallest absolute Gasteiger partial charge is 0.240 e. The summed E-state index contributed by atoms with van der Waals surface area (Å²) in [7, 11) is 3.36. The quantitative estimate of drug-likeness (QED) is 0.745. The van der Waals surface area contributed by atoms with E-state index in [1.165, 1.54) is 0 Å². The van der Waals surface area contributed by atoms with Crippen molar-refractivity contribution in [1.82, 2.24) is 4.90 Å². The van der Waals surface area contributed by atoms with E-state index < -0.39 is 5.41 Å². The van der Waals surface area contributed by atoms with Crippen LogP contribution >= 0.6 is 0 Å². The van der Waals surface area contributed by atoms with Gasteiger partial charge in [0.05, 0.1) is 19.8 Å². The summed E-state index contributed by atoms with van der Waals surface area (Å²) in [6.07, 6.45) is 9.58. The molecular formula is C21H27NO3. The number of likely N-dealkylation sites (tertiary alicyclic amines) is 1. The summed E-state index contributed by atoms with van der Waals surface area (Å²) in [5.74, 6) is 0.881. The van der Waals surface area contributed by atoms with Crippen LogP contribution in [0.5, 0.6) is 0 Å². The Morgan fingerprint density at radius 3 is 2.80 bits per heavy atom. The first-order valence-electron chi connectivity index (χ1n) is 8.97. The molecule has 1 amide bonds. The molecule has 134 valence electrons. The van der Waals surface area contributed by atoms with Crippen LogP contribution in [0.2, 0.25) is 0 Å². The number of methoxy groups -OCH3 is 2. The standard InChI is InChI=1S/C21H27NO3/c1-24-16-18-11-8-14-22(18)20(23)21(13-7-6-12-19(21)25-2)15-17-9-4-3-5-10-17/h3-5,7,9-10,12-13,18H,6,8,11,14-16H2,1-2H3/t18-,21-/m0/s1. The SMILES string of the molecule is COC[C@@H]1CCCN1C(=O)[C@]1(Cc2ccccc2)C=CCC=C1OC. The Morgan fingerprint density at radius 1 is 1.28 bits per heavy atom. The highest BCUT2D eigenvalue weighted by Gasteiger charge is 2.47. The second-order valence-electron chi connectivity index (χ2n) is 6.79. The van der Waals surface area contributed by atoms with Crippen LogP contribution in [0, 0.1) is 5.41 Å². The molecule has 1 aromatic rings. The van der Waals surface area contributed by atoms with Crippen molar-refractivity contribution >= 4 is 5.91 Å². The van der Waals surface area contributed by atoms with Crippen LogP contribution in [-0.4, -0.2) is 44.2 Å². The molecule has 1 aliphatic heterocycles. The number of amides is 1. The van der Waals surface area contributed by atoms with Crippen molar-refractivity contribution in [2.24, 2.45) is 5.41 Å². The third-order valence-corrected chi connectivity index (χ3v) is 5.21. The van der Waals surface area contributed by atoms with E-state index in [1.54, 1.807) is 14.2 Å². The molecule has 0 radical (unpaired) electrons. The molecule has 1 heterocycles. The number of rotatable bonds is 6. The Bertz CT molecular complexity index is 652. The number of nitrogens with zero attached hydrogens (tertiary/aromatic N) is 1. The zero-order valence-corrected chi connectivity index (χ0v) is 15.1. The summed E-state index contributed by atoms with van der Waals surface area (Å²) < 4.78 is 11.0. The molecule has 4 nitrogen and oxygen atoms in total. The molecule has 0 unspecified atom stereocenters. The predicted molar refractivity (Wildman–Crippen MR) is 98.0 cm³/mol. The van der Waals surface area contributed by atoms with Gasteiger partial charge in [0.15, 0.2) is 0 Å². The Balaban J connectivity index is 1.96. The maximum Gasteiger partial charge on any atom is 0.240 e. The fourth-order valence-electron chi connectivity index (χ4n) is 4.02. The van der Waals surface area contributed by atoms with Gasteiger partial charge in [0.2, 0.25) is 5.91 Å². The van der Waals surface area contributed by atoms with Crippen molar-refractivity contribution in [3.63, 3.8) is 0 Å². The van der Waals surface area contributed by atoms with Gasteiger partial charge < -0.3 is 14.4 Å². The van der Waals surface area contributed by atoms with E-state index in [0.717, 1.165) is 37.1 Å². The molecule has 2 atom stereocenters. The lowest BCUT2D eigenvalue weighted by Crippen LogP contribution is -2.49. The van der Waals surface area contributed by atoms with Gasteiger partial charge in [0.25, 0.3) is 0 Å². The maximum atomic E-state index is 13.7. The summed E-state index contributed by atoms with van der Waals surface area (Å²) in [6, 6.07) is 10.3. The normalized spacial score (nSPS) is 25.8. The van der Waals surface area contributed by atoms with Crippen LogP contribution in [0.25, 0.3) is 0 Å². The molecule has 2 aliphatic rings. The van der Waals surface area contributed by atoms with Crippen molar-refractivity contribution in [3.8, 4) is 0 Å². The number of carbonyl (C=O) groups is 1. The number of benzene rings is 1. The minimum atomic E-state index is -0.759. The third kappa shape index (κ3) is 3.49. The molecule has 0 aromatic heterocycles. The molecule has 1 fully saturated rings. The Morgan fingerprint density at radius 2 is 2.08 bits per heavy atom. The summed E-state index contributed by atoms with van der Waals surface area (Å²) in [6.45, 7) is 1.37. The van der Waals surface area contributed by atoms with Gasteiger partial charge in [0, 0.05) is 13.7 Å². The summed E-state index contributed by atoms with van der Waals surface area (Å²) in [5, 5.41) is 0. The molecule has 0 bridgehead atoms. The van der Waals surface area contributed by atoms with Crippen LogP contribution in [0.3, 0.4) is 0 Å². The van der Waals surface area contributed by atoms with Crippen LogP contribution in [-0.2, 0) is 20.7 Å². The second kappa shape index (κ2) is 7.87. The van der Waals surface area contributed by atoms with Crippen LogP contribution in [0.15, 0.2) is 54.3 Å². The summed E-state index contributed by atoms with van der Waals surface area (Å²) in [5.41, 5.74) is 0.373. The predicted octanol–water partition coefficient (Wildman–Crippen LogP) is 3.34. The lowest BCUT2D eigenvalue weighted by atomic mass is 9.75. The van der Waals surface area contributed by atoms with E-state index in [1.807, 2.05) is 35.3 Å². The Kier molecular flexibility index (Phi) is 5.59. The molecular weight excluding hydrogens is 314 g/mol. The van der Waals surface area contributed by atoms with Gasteiger partial charge in [-0.2, -0.15) is 0 Å². The molecule has 1 aliphatic carbocycles. The number of ether oxygens (including phenoxy) is 2. The van der Waals surface area contributed by atoms with Crippen LogP contribution in [0.4, 0.5) is 0 Å². The monoisotopic (exact) mass is 341 g/mol. The largest absolute Gasteiger partial charge is 0.500 e. The van der Waals surface area contributed by atoms with Gasteiger partial charge >= 0.3 is 0 Å². The number of allylic oxidation sites excluding steroid dienone is 2. The molecule has 1 aromatic carbocycles. The molecule has 25 heavy (non-hydrogen) atoms. The summed E-state index contributed by atoms with van der Waals surface area (Å²) in [4.78, 5) is 15.7. The topological polar surface area (TPSA) is 38.8 Å². The minimum Gasteiger partial charge on any atom is -0.500 e. The lowest BCUT2D eigenvalue weighted by molar-refractivity contribution is -0.141. The molecule has 4 heteroatoms. The van der Waals surface area contributed by atoms with E-state index >= 15 is 0 Å². The van der Waals surface area contributed by atoms with Crippen LogP contribution in [0.1, 0.15) is 24.8 Å². The van der Waals surface area contributed by atoms with Gasteiger partial charge in [-0.1, -0.05) is 42.5 Å². The van der Waals surface area contributed by atoms with Gasteiger partial charge in [-0.25, -0.2) is 0 Å². The lowest BCUT2D eigenvalue weighted by Gasteiger charge is -2.38. The van der Waals surface area contributed by atoms with Gasteiger partial charge in [-0.15, -0.1) is 0 Å². The first-order valence-corrected chi connectivity index (χ1v) is 8.97. The van der Waals surface area contributed by atoms with Crippen molar-refractivity contribution < 1.29 is 14.3 Å². The fraction of sp³-hybridized carbons (Fsp3) is 0.476. The van der Waals surface area contributed by atoms with E-state index in [-0.39, 0.29) is 11.9 Å². The average molecular weight is 341 g/mol. The Hall–Kier alpha value is -2.07. The maximum absolute atomic E-state index is 13.7. The third-order valence-electron chi connectivity index (χ3n) is 5.21. The zero-order chi connectivity index (χ0) is 17.7. The van der Waals surface area contributed by atoms with Gasteiger partial charge in [-0.3, -0.25) is 4.79 Å². The minimum absolute atomic E-state index is 0.125. The first kappa shape index (κ1) is 17.7. The van der Waals surface area contributed by atoms with Gasteiger partial charge in [0.1, 0.15) is 11.2 Å². The molecule has 1 saturated heterocycles. The van der Waals surface area contributed by atoms with E-state index in [0.29, 0.717) is 13.0 Å². The van der Waals surface area contributed by atoms with Crippen molar-refractivity contribution in [2.75, 3.05) is 27.4 Å². The molecule has 0 N–H and O–H groups in total. The van der Waals surface area contributed by atoms with Crippen molar-refractivity contribution in [3.05, 3.63) is 59.9 Å². The van der Waals surface area contributed by atoms with E-state index in [4.69, 9.17) is 9.47 Å². The Labute approximate surface area is 150 Å². The second-order valence-corrected chi connectivity index (χ2v) is 6.79. The highest BCUT2D eigenvalue weighted by Crippen LogP contribution is 2.40. The molecule has 0 spiro atoms. The van der Waals surface area contributed by atoms with Crippen LogP contribution < -0.4 is 0 Å². The van der Waals surface area contributed by atoms with E-state index in [9.17, 15) is 4.79 Å². The zero-order valence-electron chi connectivity index (χ0n) is 15.1. The van der Waals surface area contributed by atoms with Crippen molar-refractivity contribution in [1.29, 1.82) is 0 Å². The average Bonchev–Trinajstić information content (AvgIpc) is 3.11. The summed E-state index contributed by atoms with van der Waals surface area (Å²) >= 11 is 0. The first-order chi connectivity index (χ1) is 12.2. The number of hydrogen-bond donors (Lipinski definition) is 0. The number of carbonyl (C=O) groups excluding carboxylic acids is 1. The highest BCUT2D eigenvalue weighted by atomic mass is 16.5. The number of hydrogen-bond acceptors (Lipinski definition) is 3. The van der Waals surface area contributed by atoms with Gasteiger partial charge in [-0.05, 0) is 37.3 Å². The van der Waals surface area contributed by atoms with Crippen molar-refractivity contribution in [2.45, 2.75) is 31.7 Å². The van der Waals surface area contributed by atoms with E-state index in [2.05, 4.69) is 18.2 Å². The fourth-order valence-corrected chi connectivity index (χ4v) is 4.02.